The lowest BCUT2D eigenvalue weighted by Gasteiger charge is -2.16. The van der Waals surface area contributed by atoms with Gasteiger partial charge in [-0.2, -0.15) is 0 Å². The number of carbonyl (C=O) groups excluding carboxylic acids is 3. The lowest BCUT2D eigenvalue weighted by molar-refractivity contribution is -0.122. The number of amides is 2. The van der Waals surface area contributed by atoms with Crippen LogP contribution in [0.2, 0.25) is 0 Å². The number of nitrogens with one attached hydrogen (secondary N) is 1. The molecule has 0 atom stereocenters. The first-order valence-corrected chi connectivity index (χ1v) is 7.26. The van der Waals surface area contributed by atoms with Crippen LogP contribution in [0, 0.1) is 0 Å². The van der Waals surface area contributed by atoms with Gasteiger partial charge in [-0.25, -0.2) is 0 Å². The quantitative estimate of drug-likeness (QED) is 0.658. The average molecular weight is 339 g/mol. The molecular weight excluding hydrogens is 324 g/mol. The summed E-state index contributed by atoms with van der Waals surface area (Å²) in [5, 5.41) is 2.74. The molecule has 2 rings (SSSR count). The second-order valence-corrected chi connectivity index (χ2v) is 5.50. The van der Waals surface area contributed by atoms with Gasteiger partial charge in [-0.3, -0.25) is 19.3 Å². The summed E-state index contributed by atoms with van der Waals surface area (Å²) in [6.07, 6.45) is 1.87. The second kappa shape index (κ2) is 6.17. The van der Waals surface area contributed by atoms with E-state index in [1.54, 1.807) is 18.2 Å². The molecule has 1 aromatic rings. The van der Waals surface area contributed by atoms with Gasteiger partial charge in [-0.1, -0.05) is 29.3 Å². The first-order valence-electron chi connectivity index (χ1n) is 6.47. The van der Waals surface area contributed by atoms with Gasteiger partial charge >= 0.3 is 0 Å². The van der Waals surface area contributed by atoms with Crippen LogP contribution in [-0.2, 0) is 9.59 Å². The average Bonchev–Trinajstić information content (AvgIpc) is 2.64. The topological polar surface area (TPSA) is 66.5 Å². The van der Waals surface area contributed by atoms with Crippen LogP contribution in [0.15, 0.2) is 22.7 Å². The Morgan fingerprint density at radius 2 is 2.10 bits per heavy atom. The van der Waals surface area contributed by atoms with Crippen molar-refractivity contribution in [3.05, 3.63) is 28.2 Å². The normalized spacial score (nSPS) is 13.6. The van der Waals surface area contributed by atoms with Crippen molar-refractivity contribution >= 4 is 39.2 Å². The number of nitrogens with zero attached hydrogens (tertiary/aromatic N) is 1. The third kappa shape index (κ3) is 2.90. The zero-order valence-electron chi connectivity index (χ0n) is 11.1. The largest absolute Gasteiger partial charge is 0.355 e. The first-order chi connectivity index (χ1) is 9.54. The molecule has 0 bridgehead atoms. The Morgan fingerprint density at radius 1 is 1.35 bits per heavy atom. The molecule has 0 saturated heterocycles. The molecule has 0 aromatic heterocycles. The highest BCUT2D eigenvalue weighted by molar-refractivity contribution is 9.10. The summed E-state index contributed by atoms with van der Waals surface area (Å²) in [7, 11) is 0. The van der Waals surface area contributed by atoms with Crippen molar-refractivity contribution in [2.24, 2.45) is 0 Å². The van der Waals surface area contributed by atoms with E-state index in [1.807, 2.05) is 6.92 Å². The molecule has 20 heavy (non-hydrogen) atoms. The second-order valence-electron chi connectivity index (χ2n) is 4.59. The van der Waals surface area contributed by atoms with E-state index < -0.39 is 11.7 Å². The molecule has 0 saturated carbocycles. The third-order valence-corrected chi connectivity index (χ3v) is 3.58. The van der Waals surface area contributed by atoms with Crippen molar-refractivity contribution in [1.29, 1.82) is 0 Å². The number of hydrogen-bond donors (Lipinski definition) is 1. The fourth-order valence-electron chi connectivity index (χ4n) is 2.03. The summed E-state index contributed by atoms with van der Waals surface area (Å²) in [5.41, 5.74) is 0.833. The molecule has 2 amide bonds. The maximum Gasteiger partial charge on any atom is 0.299 e. The zero-order valence-corrected chi connectivity index (χ0v) is 12.7. The Morgan fingerprint density at radius 3 is 2.80 bits per heavy atom. The summed E-state index contributed by atoms with van der Waals surface area (Å²) >= 11 is 3.30. The monoisotopic (exact) mass is 338 g/mol. The van der Waals surface area contributed by atoms with Gasteiger partial charge in [-0.05, 0) is 24.6 Å². The molecule has 0 spiro atoms. The minimum atomic E-state index is -0.649. The molecule has 0 fully saturated rings. The van der Waals surface area contributed by atoms with E-state index in [0.717, 1.165) is 17.3 Å². The van der Waals surface area contributed by atoms with Gasteiger partial charge in [0.15, 0.2) is 0 Å². The summed E-state index contributed by atoms with van der Waals surface area (Å²) in [6, 6.07) is 4.97. The number of anilines is 1. The van der Waals surface area contributed by atoms with Crippen LogP contribution >= 0.6 is 15.9 Å². The Kier molecular flexibility index (Phi) is 4.54. The third-order valence-electron chi connectivity index (χ3n) is 3.09. The molecule has 106 valence electrons. The number of benzene rings is 1. The number of halogens is 1. The van der Waals surface area contributed by atoms with Gasteiger partial charge in [0.05, 0.1) is 11.3 Å². The molecular formula is C14H15BrN2O3. The van der Waals surface area contributed by atoms with E-state index in [-0.39, 0.29) is 12.5 Å². The minimum Gasteiger partial charge on any atom is -0.355 e. The predicted octanol–water partition coefficient (Wildman–Crippen LogP) is 1.89. The Bertz CT molecular complexity index is 572. The molecule has 1 aliphatic rings. The molecule has 1 N–H and O–H groups in total. The van der Waals surface area contributed by atoms with Crippen molar-refractivity contribution in [1.82, 2.24) is 5.32 Å². The molecule has 6 heteroatoms. The molecule has 0 aliphatic carbocycles. The number of unbranched alkanes of at least 4 members (excludes halogenated alkanes) is 1. The number of carbonyl (C=O) groups is 3. The molecule has 5 nitrogen and oxygen atoms in total. The summed E-state index contributed by atoms with van der Waals surface area (Å²) in [4.78, 5) is 36.8. The van der Waals surface area contributed by atoms with Crippen LogP contribution in [0.1, 0.15) is 30.1 Å². The number of ketones is 1. The van der Waals surface area contributed by atoms with E-state index in [4.69, 9.17) is 0 Å². The van der Waals surface area contributed by atoms with Crippen molar-refractivity contribution in [3.63, 3.8) is 0 Å². The lowest BCUT2D eigenvalue weighted by Crippen LogP contribution is -2.40. The number of Topliss-reactive ketones (excluding diaryl/α,β-unsaturated/α-hetero) is 1. The van der Waals surface area contributed by atoms with Crippen LogP contribution in [-0.4, -0.2) is 30.7 Å². The van der Waals surface area contributed by atoms with Crippen molar-refractivity contribution in [3.8, 4) is 0 Å². The van der Waals surface area contributed by atoms with Crippen molar-refractivity contribution < 1.29 is 14.4 Å². The fraction of sp³-hybridized carbons (Fsp3) is 0.357. The maximum atomic E-state index is 11.9. The van der Waals surface area contributed by atoms with E-state index >= 15 is 0 Å². The van der Waals surface area contributed by atoms with Crippen molar-refractivity contribution in [2.75, 3.05) is 18.0 Å². The number of fused-ring (bicyclic) bond motifs is 1. The summed E-state index contributed by atoms with van der Waals surface area (Å²) in [6.45, 7) is 2.48. The van der Waals surface area contributed by atoms with E-state index in [2.05, 4.69) is 21.2 Å². The van der Waals surface area contributed by atoms with E-state index in [1.165, 1.54) is 4.90 Å². The SMILES string of the molecule is CCCCNC(=O)CN1C(=O)C(=O)c2ccc(Br)cc21. The van der Waals surface area contributed by atoms with Crippen LogP contribution in [0.4, 0.5) is 5.69 Å². The van der Waals surface area contributed by atoms with Crippen LogP contribution in [0.25, 0.3) is 0 Å². The Balaban J connectivity index is 2.13. The smallest absolute Gasteiger partial charge is 0.299 e. The van der Waals surface area contributed by atoms with Gasteiger partial charge in [-0.15, -0.1) is 0 Å². The van der Waals surface area contributed by atoms with Crippen LogP contribution in [0.3, 0.4) is 0 Å². The van der Waals surface area contributed by atoms with Crippen LogP contribution < -0.4 is 10.2 Å². The van der Waals surface area contributed by atoms with Gasteiger partial charge in [0.1, 0.15) is 6.54 Å². The highest BCUT2D eigenvalue weighted by Gasteiger charge is 2.36. The molecule has 1 aliphatic heterocycles. The standard InChI is InChI=1S/C14H15BrN2O3/c1-2-3-6-16-12(18)8-17-11-7-9(15)4-5-10(11)13(19)14(17)20/h4-5,7H,2-3,6,8H2,1H3,(H,16,18). The fourth-order valence-corrected chi connectivity index (χ4v) is 2.38. The van der Waals surface area contributed by atoms with Gasteiger partial charge in [0.25, 0.3) is 11.7 Å². The number of rotatable bonds is 5. The lowest BCUT2D eigenvalue weighted by atomic mass is 10.1. The molecule has 1 aromatic carbocycles. The number of hydrogen-bond acceptors (Lipinski definition) is 3. The van der Waals surface area contributed by atoms with Gasteiger partial charge < -0.3 is 5.32 Å². The Labute approximate surface area is 125 Å². The molecule has 0 radical (unpaired) electrons. The summed E-state index contributed by atoms with van der Waals surface area (Å²) < 4.78 is 0.759. The Hall–Kier alpha value is -1.69. The molecule has 1 heterocycles. The highest BCUT2D eigenvalue weighted by atomic mass is 79.9. The van der Waals surface area contributed by atoms with Gasteiger partial charge in [0.2, 0.25) is 5.91 Å². The summed E-state index contributed by atoms with van der Waals surface area (Å²) in [5.74, 6) is -1.47. The minimum absolute atomic E-state index is 0.127. The van der Waals surface area contributed by atoms with E-state index in [9.17, 15) is 14.4 Å². The van der Waals surface area contributed by atoms with Crippen molar-refractivity contribution in [2.45, 2.75) is 19.8 Å². The van der Waals surface area contributed by atoms with Crippen LogP contribution in [0.5, 0.6) is 0 Å². The first kappa shape index (κ1) is 14.7. The molecule has 0 unspecified atom stereocenters. The van der Waals surface area contributed by atoms with E-state index in [0.29, 0.717) is 17.8 Å². The zero-order chi connectivity index (χ0) is 14.7. The van der Waals surface area contributed by atoms with Gasteiger partial charge in [0, 0.05) is 11.0 Å². The predicted molar refractivity (Wildman–Crippen MR) is 78.7 cm³/mol. The highest BCUT2D eigenvalue weighted by Crippen LogP contribution is 2.31. The maximum absolute atomic E-state index is 11.9.